The van der Waals surface area contributed by atoms with Gasteiger partial charge in [0.1, 0.15) is 0 Å². The number of halogens is 1. The summed E-state index contributed by atoms with van der Waals surface area (Å²) < 4.78 is 6.42. The average molecular weight is 373 g/mol. The number of hydrogen-bond acceptors (Lipinski definition) is 4. The lowest BCUT2D eigenvalue weighted by Crippen LogP contribution is -2.36. The van der Waals surface area contributed by atoms with E-state index in [4.69, 9.17) is 4.74 Å². The number of pyridine rings is 1. The van der Waals surface area contributed by atoms with Crippen LogP contribution in [0.25, 0.3) is 5.57 Å². The highest BCUT2D eigenvalue weighted by Gasteiger charge is 2.30. The van der Waals surface area contributed by atoms with Crippen LogP contribution in [0.3, 0.4) is 0 Å². The van der Waals surface area contributed by atoms with Crippen molar-refractivity contribution < 1.29 is 9.53 Å². The smallest absolute Gasteiger partial charge is 0.184 e. The molecule has 1 aromatic heterocycles. The summed E-state index contributed by atoms with van der Waals surface area (Å²) in [5.41, 5.74) is 5.22. The quantitative estimate of drug-likeness (QED) is 0.799. The third-order valence-corrected chi connectivity index (χ3v) is 5.06. The van der Waals surface area contributed by atoms with E-state index in [-0.39, 0.29) is 5.78 Å². The van der Waals surface area contributed by atoms with Gasteiger partial charge in [0, 0.05) is 53.1 Å². The Kier molecular flexibility index (Phi) is 3.91. The third-order valence-electron chi connectivity index (χ3n) is 4.57. The summed E-state index contributed by atoms with van der Waals surface area (Å²) in [4.78, 5) is 19.3. The van der Waals surface area contributed by atoms with Crippen molar-refractivity contribution in [2.75, 3.05) is 26.3 Å². The molecule has 1 saturated heterocycles. The molecule has 1 aromatic rings. The molecule has 0 amide bonds. The molecule has 0 atom stereocenters. The van der Waals surface area contributed by atoms with Crippen molar-refractivity contribution in [3.05, 3.63) is 57.5 Å². The zero-order valence-corrected chi connectivity index (χ0v) is 14.3. The maximum atomic E-state index is 12.5. The second-order valence-electron chi connectivity index (χ2n) is 5.91. The summed E-state index contributed by atoms with van der Waals surface area (Å²) in [6.07, 6.45) is 7.26. The molecule has 2 heterocycles. The summed E-state index contributed by atoms with van der Waals surface area (Å²) in [6.45, 7) is 3.17. The van der Waals surface area contributed by atoms with E-state index in [0.717, 1.165) is 65.3 Å². The van der Waals surface area contributed by atoms with Crippen molar-refractivity contribution in [1.82, 2.24) is 9.88 Å². The van der Waals surface area contributed by atoms with Crippen molar-refractivity contribution in [1.29, 1.82) is 0 Å². The number of allylic oxidation sites excluding steroid dienone is 5. The van der Waals surface area contributed by atoms with Gasteiger partial charge >= 0.3 is 0 Å². The molecule has 3 aliphatic rings. The van der Waals surface area contributed by atoms with Crippen LogP contribution in [-0.2, 0) is 9.53 Å². The maximum Gasteiger partial charge on any atom is 0.184 e. The zero-order valence-electron chi connectivity index (χ0n) is 12.7. The minimum Gasteiger partial charge on any atom is -0.378 e. The fraction of sp³-hybridized carbons (Fsp3) is 0.333. The fourth-order valence-electron chi connectivity index (χ4n) is 3.40. The van der Waals surface area contributed by atoms with Crippen LogP contribution in [0.15, 0.2) is 51.8 Å². The summed E-state index contributed by atoms with van der Waals surface area (Å²) in [7, 11) is 0. The van der Waals surface area contributed by atoms with Crippen molar-refractivity contribution in [3.8, 4) is 0 Å². The fourth-order valence-corrected chi connectivity index (χ4v) is 3.73. The Morgan fingerprint density at radius 1 is 1.22 bits per heavy atom. The number of carbonyl (C=O) groups is 1. The number of ketones is 1. The molecule has 118 valence electrons. The molecule has 0 N–H and O–H groups in total. The number of rotatable bonds is 2. The van der Waals surface area contributed by atoms with Crippen LogP contribution in [0.1, 0.15) is 18.5 Å². The summed E-state index contributed by atoms with van der Waals surface area (Å²) in [6, 6.07) is 3.93. The van der Waals surface area contributed by atoms with Gasteiger partial charge < -0.3 is 9.64 Å². The Balaban J connectivity index is 1.63. The van der Waals surface area contributed by atoms with Gasteiger partial charge in [-0.05, 0) is 24.1 Å². The number of nitrogens with zero attached hydrogens (tertiary/aromatic N) is 2. The number of carbonyl (C=O) groups excluding carboxylic acids is 1. The van der Waals surface area contributed by atoms with Crippen LogP contribution in [0, 0.1) is 0 Å². The lowest BCUT2D eigenvalue weighted by molar-refractivity contribution is -0.111. The van der Waals surface area contributed by atoms with Crippen molar-refractivity contribution in [3.63, 3.8) is 0 Å². The van der Waals surface area contributed by atoms with Gasteiger partial charge in [0.25, 0.3) is 0 Å². The van der Waals surface area contributed by atoms with E-state index < -0.39 is 0 Å². The van der Waals surface area contributed by atoms with Gasteiger partial charge in [-0.2, -0.15) is 0 Å². The van der Waals surface area contributed by atoms with E-state index in [1.165, 1.54) is 0 Å². The Bertz CT molecular complexity index is 758. The van der Waals surface area contributed by atoms with Crippen LogP contribution in [-0.4, -0.2) is 42.0 Å². The first-order valence-corrected chi connectivity index (χ1v) is 8.64. The van der Waals surface area contributed by atoms with Gasteiger partial charge in [-0.1, -0.05) is 22.0 Å². The Morgan fingerprint density at radius 2 is 2.04 bits per heavy atom. The predicted octanol–water partition coefficient (Wildman–Crippen LogP) is 3.12. The number of ether oxygens (including phenoxy) is 1. The molecule has 0 aromatic carbocycles. The lowest BCUT2D eigenvalue weighted by Gasteiger charge is -2.33. The molecule has 0 unspecified atom stereocenters. The minimum atomic E-state index is 0.147. The first-order chi connectivity index (χ1) is 11.2. The Morgan fingerprint density at radius 3 is 2.83 bits per heavy atom. The topological polar surface area (TPSA) is 42.4 Å². The molecular formula is C18H17BrN2O2. The van der Waals surface area contributed by atoms with E-state index in [9.17, 15) is 4.79 Å². The zero-order chi connectivity index (χ0) is 15.8. The highest BCUT2D eigenvalue weighted by Crippen LogP contribution is 2.41. The van der Waals surface area contributed by atoms with Crippen molar-refractivity contribution in [2.45, 2.75) is 12.8 Å². The number of morpholine rings is 1. The molecule has 5 heteroatoms. The van der Waals surface area contributed by atoms with E-state index >= 15 is 0 Å². The van der Waals surface area contributed by atoms with Crippen LogP contribution in [0.5, 0.6) is 0 Å². The van der Waals surface area contributed by atoms with Crippen molar-refractivity contribution in [2.24, 2.45) is 0 Å². The second kappa shape index (κ2) is 6.06. The monoisotopic (exact) mass is 372 g/mol. The SMILES string of the molecule is O=C1C=C(N2CCOCC2)CC2=C1CC=C2c1cc(Br)ccn1. The second-order valence-corrected chi connectivity index (χ2v) is 6.83. The number of hydrogen-bond donors (Lipinski definition) is 0. The van der Waals surface area contributed by atoms with E-state index in [0.29, 0.717) is 6.42 Å². The normalized spacial score (nSPS) is 21.3. The van der Waals surface area contributed by atoms with Crippen molar-refractivity contribution >= 4 is 27.3 Å². The Hall–Kier alpha value is -1.72. The molecule has 1 fully saturated rings. The summed E-state index contributed by atoms with van der Waals surface area (Å²) in [5, 5.41) is 0. The van der Waals surface area contributed by atoms with Crippen LogP contribution < -0.4 is 0 Å². The molecule has 0 bridgehead atoms. The molecule has 0 saturated carbocycles. The first-order valence-electron chi connectivity index (χ1n) is 7.84. The molecule has 0 spiro atoms. The van der Waals surface area contributed by atoms with Gasteiger partial charge in [-0.3, -0.25) is 9.78 Å². The largest absolute Gasteiger partial charge is 0.378 e. The number of aromatic nitrogens is 1. The average Bonchev–Trinajstić information content (AvgIpc) is 3.00. The van der Waals surface area contributed by atoms with Gasteiger partial charge in [-0.25, -0.2) is 0 Å². The molecule has 23 heavy (non-hydrogen) atoms. The molecular weight excluding hydrogens is 356 g/mol. The molecule has 0 radical (unpaired) electrons. The molecule has 2 aliphatic carbocycles. The predicted molar refractivity (Wildman–Crippen MR) is 91.7 cm³/mol. The third kappa shape index (κ3) is 2.79. The van der Waals surface area contributed by atoms with E-state index in [1.807, 2.05) is 18.2 Å². The highest BCUT2D eigenvalue weighted by atomic mass is 79.9. The molecule has 1 aliphatic heterocycles. The molecule has 4 rings (SSSR count). The van der Waals surface area contributed by atoms with Gasteiger partial charge in [0.05, 0.1) is 18.9 Å². The molecule has 4 nitrogen and oxygen atoms in total. The van der Waals surface area contributed by atoms with Crippen LogP contribution in [0.4, 0.5) is 0 Å². The first kappa shape index (κ1) is 14.8. The van der Waals surface area contributed by atoms with Gasteiger partial charge in [0.2, 0.25) is 0 Å². The maximum absolute atomic E-state index is 12.5. The standard InChI is InChI=1S/C18H17BrN2O2/c19-12-3-4-20-17(9-12)14-1-2-15-16(14)10-13(11-18(15)22)21-5-7-23-8-6-21/h1,3-4,9,11H,2,5-8,10H2. The van der Waals surface area contributed by atoms with Gasteiger partial charge in [-0.15, -0.1) is 0 Å². The Labute approximate surface area is 143 Å². The van der Waals surface area contributed by atoms with Gasteiger partial charge in [0.15, 0.2) is 5.78 Å². The van der Waals surface area contributed by atoms with Crippen LogP contribution >= 0.6 is 15.9 Å². The van der Waals surface area contributed by atoms with Crippen LogP contribution in [0.2, 0.25) is 0 Å². The summed E-state index contributed by atoms with van der Waals surface area (Å²) in [5.74, 6) is 0.147. The highest BCUT2D eigenvalue weighted by molar-refractivity contribution is 9.10. The van der Waals surface area contributed by atoms with E-state index in [2.05, 4.69) is 31.9 Å². The lowest BCUT2D eigenvalue weighted by atomic mass is 9.91. The summed E-state index contributed by atoms with van der Waals surface area (Å²) >= 11 is 3.50. The van der Waals surface area contributed by atoms with E-state index in [1.54, 1.807) is 6.20 Å². The minimum absolute atomic E-state index is 0.147.